The minimum absolute atomic E-state index is 0.0117. The number of carbonyl (C=O) groups is 1. The lowest BCUT2D eigenvalue weighted by Gasteiger charge is -2.18. The van der Waals surface area contributed by atoms with Crippen LogP contribution in [0.3, 0.4) is 0 Å². The molecule has 1 saturated heterocycles. The molecule has 1 heterocycles. The second-order valence-corrected chi connectivity index (χ2v) is 5.12. The summed E-state index contributed by atoms with van der Waals surface area (Å²) in [5, 5.41) is 0. The molecule has 0 saturated carbocycles. The van der Waals surface area contributed by atoms with Crippen molar-refractivity contribution in [2.75, 3.05) is 7.11 Å². The molecule has 19 heavy (non-hydrogen) atoms. The van der Waals surface area contributed by atoms with Gasteiger partial charge in [-0.05, 0) is 31.9 Å². The molecule has 0 amide bonds. The molecule has 4 heteroatoms. The first-order valence-corrected chi connectivity index (χ1v) is 6.49. The average Bonchev–Trinajstić information content (AvgIpc) is 2.63. The molecule has 1 aromatic carbocycles. The van der Waals surface area contributed by atoms with E-state index >= 15 is 0 Å². The standard InChI is InChI=1S/C15H19FO3/c1-8-9(2)19-10(3)13(8)15(17)11-6-5-7-12(18-4)14(11)16/h5-10,13H,1-4H3. The van der Waals surface area contributed by atoms with Crippen molar-refractivity contribution >= 4 is 5.78 Å². The fourth-order valence-corrected chi connectivity index (χ4v) is 2.76. The van der Waals surface area contributed by atoms with Gasteiger partial charge in [0.15, 0.2) is 17.3 Å². The van der Waals surface area contributed by atoms with Gasteiger partial charge in [-0.25, -0.2) is 4.39 Å². The van der Waals surface area contributed by atoms with E-state index in [0.717, 1.165) is 0 Å². The van der Waals surface area contributed by atoms with Gasteiger partial charge >= 0.3 is 0 Å². The Kier molecular flexibility index (Phi) is 3.90. The van der Waals surface area contributed by atoms with Crippen molar-refractivity contribution < 1.29 is 18.7 Å². The van der Waals surface area contributed by atoms with E-state index in [-0.39, 0.29) is 41.1 Å². The largest absolute Gasteiger partial charge is 0.494 e. The number of carbonyl (C=O) groups excluding carboxylic acids is 1. The summed E-state index contributed by atoms with van der Waals surface area (Å²) in [4.78, 5) is 12.5. The van der Waals surface area contributed by atoms with E-state index in [1.165, 1.54) is 19.2 Å². The Morgan fingerprint density at radius 1 is 1.26 bits per heavy atom. The summed E-state index contributed by atoms with van der Waals surface area (Å²) in [6.07, 6.45) is -0.180. The summed E-state index contributed by atoms with van der Waals surface area (Å²) in [5.74, 6) is -0.933. The van der Waals surface area contributed by atoms with Crippen LogP contribution in [0.1, 0.15) is 31.1 Å². The Bertz CT molecular complexity index is 486. The first kappa shape index (κ1) is 14.0. The van der Waals surface area contributed by atoms with E-state index in [1.54, 1.807) is 6.07 Å². The minimum Gasteiger partial charge on any atom is -0.494 e. The van der Waals surface area contributed by atoms with Gasteiger partial charge in [-0.2, -0.15) is 0 Å². The third-order valence-electron chi connectivity index (χ3n) is 3.99. The van der Waals surface area contributed by atoms with Crippen LogP contribution in [-0.2, 0) is 4.74 Å². The quantitative estimate of drug-likeness (QED) is 0.789. The van der Waals surface area contributed by atoms with Crippen molar-refractivity contribution in [3.63, 3.8) is 0 Å². The third-order valence-corrected chi connectivity index (χ3v) is 3.99. The van der Waals surface area contributed by atoms with Gasteiger partial charge in [-0.3, -0.25) is 4.79 Å². The van der Waals surface area contributed by atoms with E-state index in [4.69, 9.17) is 9.47 Å². The summed E-state index contributed by atoms with van der Waals surface area (Å²) in [6, 6.07) is 4.64. The van der Waals surface area contributed by atoms with Crippen LogP contribution in [-0.4, -0.2) is 25.1 Å². The van der Waals surface area contributed by atoms with Crippen LogP contribution in [0.15, 0.2) is 18.2 Å². The number of Topliss-reactive ketones (excluding diaryl/α,β-unsaturated/α-hetero) is 1. The number of rotatable bonds is 3. The van der Waals surface area contributed by atoms with Crippen LogP contribution in [0.25, 0.3) is 0 Å². The third kappa shape index (κ3) is 2.37. The highest BCUT2D eigenvalue weighted by Gasteiger charge is 2.42. The maximum Gasteiger partial charge on any atom is 0.175 e. The molecule has 4 atom stereocenters. The fraction of sp³-hybridized carbons (Fsp3) is 0.533. The van der Waals surface area contributed by atoms with Gasteiger partial charge in [0.25, 0.3) is 0 Å². The normalized spacial score (nSPS) is 30.4. The number of halogens is 1. The van der Waals surface area contributed by atoms with Gasteiger partial charge in [0, 0.05) is 0 Å². The first-order valence-electron chi connectivity index (χ1n) is 6.49. The zero-order chi connectivity index (χ0) is 14.2. The molecule has 0 spiro atoms. The lowest BCUT2D eigenvalue weighted by molar-refractivity contribution is 0.0490. The molecule has 0 aromatic heterocycles. The molecule has 0 bridgehead atoms. The second kappa shape index (κ2) is 5.29. The van der Waals surface area contributed by atoms with Crippen LogP contribution in [0.4, 0.5) is 4.39 Å². The Hall–Kier alpha value is -1.42. The van der Waals surface area contributed by atoms with Crippen molar-refractivity contribution in [3.8, 4) is 5.75 Å². The van der Waals surface area contributed by atoms with Crippen molar-refractivity contribution in [2.45, 2.75) is 33.0 Å². The molecule has 0 radical (unpaired) electrons. The fourth-order valence-electron chi connectivity index (χ4n) is 2.76. The SMILES string of the molecule is COc1cccc(C(=O)C2C(C)OC(C)C2C)c1F. The molecule has 2 rings (SSSR count). The predicted molar refractivity (Wildman–Crippen MR) is 69.9 cm³/mol. The summed E-state index contributed by atoms with van der Waals surface area (Å²) >= 11 is 0. The smallest absolute Gasteiger partial charge is 0.175 e. The van der Waals surface area contributed by atoms with Crippen molar-refractivity contribution in [2.24, 2.45) is 11.8 Å². The maximum atomic E-state index is 14.1. The van der Waals surface area contributed by atoms with Crippen molar-refractivity contribution in [3.05, 3.63) is 29.6 Å². The lowest BCUT2D eigenvalue weighted by atomic mass is 9.83. The summed E-state index contributed by atoms with van der Waals surface area (Å²) in [7, 11) is 1.39. The molecule has 3 nitrogen and oxygen atoms in total. The monoisotopic (exact) mass is 266 g/mol. The summed E-state index contributed by atoms with van der Waals surface area (Å²) in [5.41, 5.74) is 0.0840. The zero-order valence-corrected chi connectivity index (χ0v) is 11.6. The van der Waals surface area contributed by atoms with Gasteiger partial charge in [0.2, 0.25) is 0 Å². The highest BCUT2D eigenvalue weighted by atomic mass is 19.1. The Labute approximate surface area is 112 Å². The molecule has 1 aliphatic heterocycles. The van der Waals surface area contributed by atoms with Gasteiger partial charge in [-0.15, -0.1) is 0 Å². The Morgan fingerprint density at radius 3 is 2.47 bits per heavy atom. The molecule has 0 aliphatic carbocycles. The second-order valence-electron chi connectivity index (χ2n) is 5.12. The molecule has 1 aromatic rings. The number of ether oxygens (including phenoxy) is 2. The molecule has 1 fully saturated rings. The highest BCUT2D eigenvalue weighted by molar-refractivity contribution is 5.99. The number of ketones is 1. The highest BCUT2D eigenvalue weighted by Crippen LogP contribution is 2.35. The molecule has 0 N–H and O–H groups in total. The molecule has 4 unspecified atom stereocenters. The van der Waals surface area contributed by atoms with Crippen LogP contribution in [0.5, 0.6) is 5.75 Å². The van der Waals surface area contributed by atoms with Crippen LogP contribution in [0.2, 0.25) is 0 Å². The van der Waals surface area contributed by atoms with E-state index in [9.17, 15) is 9.18 Å². The van der Waals surface area contributed by atoms with Crippen LogP contribution >= 0.6 is 0 Å². The minimum atomic E-state index is -0.589. The van der Waals surface area contributed by atoms with Crippen LogP contribution < -0.4 is 4.74 Å². The van der Waals surface area contributed by atoms with Gasteiger partial charge in [-0.1, -0.05) is 13.0 Å². The Balaban J connectivity index is 2.35. The number of hydrogen-bond acceptors (Lipinski definition) is 3. The topological polar surface area (TPSA) is 35.5 Å². The predicted octanol–water partition coefficient (Wildman–Crippen LogP) is 3.08. The Morgan fingerprint density at radius 2 is 1.95 bits per heavy atom. The number of methoxy groups -OCH3 is 1. The lowest BCUT2D eigenvalue weighted by Crippen LogP contribution is -2.27. The van der Waals surface area contributed by atoms with E-state index < -0.39 is 5.82 Å². The maximum absolute atomic E-state index is 14.1. The number of hydrogen-bond donors (Lipinski definition) is 0. The summed E-state index contributed by atoms with van der Waals surface area (Å²) in [6.45, 7) is 5.77. The van der Waals surface area contributed by atoms with Gasteiger partial charge in [0.1, 0.15) is 0 Å². The summed E-state index contributed by atoms with van der Waals surface area (Å²) < 4.78 is 24.7. The van der Waals surface area contributed by atoms with E-state index in [2.05, 4.69) is 0 Å². The molecule has 1 aliphatic rings. The zero-order valence-electron chi connectivity index (χ0n) is 11.6. The first-order chi connectivity index (χ1) is 8.97. The van der Waals surface area contributed by atoms with Gasteiger partial charge < -0.3 is 9.47 Å². The van der Waals surface area contributed by atoms with Crippen molar-refractivity contribution in [1.29, 1.82) is 0 Å². The van der Waals surface area contributed by atoms with E-state index in [1.807, 2.05) is 20.8 Å². The number of benzene rings is 1. The molecule has 104 valence electrons. The van der Waals surface area contributed by atoms with Crippen LogP contribution in [0, 0.1) is 17.7 Å². The molecular weight excluding hydrogens is 247 g/mol. The van der Waals surface area contributed by atoms with E-state index in [0.29, 0.717) is 0 Å². The van der Waals surface area contributed by atoms with Gasteiger partial charge in [0.05, 0.1) is 30.8 Å². The van der Waals surface area contributed by atoms with Crippen molar-refractivity contribution in [1.82, 2.24) is 0 Å². The average molecular weight is 266 g/mol. The molecular formula is C15H19FO3.